The van der Waals surface area contributed by atoms with Gasteiger partial charge in [0.1, 0.15) is 0 Å². The summed E-state index contributed by atoms with van der Waals surface area (Å²) < 4.78 is 25.0. The summed E-state index contributed by atoms with van der Waals surface area (Å²) in [5.41, 5.74) is 1.30. The van der Waals surface area contributed by atoms with E-state index in [2.05, 4.69) is 10.0 Å². The van der Waals surface area contributed by atoms with E-state index in [-0.39, 0.29) is 6.03 Å². The fraction of sp³-hybridized carbons (Fsp3) is 0.312. The van der Waals surface area contributed by atoms with Crippen molar-refractivity contribution in [3.63, 3.8) is 0 Å². The molecular weight excluding hydrogens is 346 g/mol. The minimum atomic E-state index is -3.32. The molecule has 2 aromatic rings. The van der Waals surface area contributed by atoms with Crippen LogP contribution in [0.2, 0.25) is 0 Å². The van der Waals surface area contributed by atoms with Gasteiger partial charge in [0.2, 0.25) is 10.0 Å². The Bertz CT molecular complexity index is 774. The van der Waals surface area contributed by atoms with Crippen LogP contribution in [0.15, 0.2) is 41.8 Å². The summed E-state index contributed by atoms with van der Waals surface area (Å²) in [6, 6.07) is 10.8. The molecule has 2 rings (SSSR count). The molecule has 0 atom stereocenters. The summed E-state index contributed by atoms with van der Waals surface area (Å²) in [5, 5.41) is 4.85. The summed E-state index contributed by atoms with van der Waals surface area (Å²) in [6.07, 6.45) is 1.10. The van der Waals surface area contributed by atoms with Crippen molar-refractivity contribution >= 4 is 33.1 Å². The molecule has 0 aliphatic carbocycles. The molecule has 2 N–H and O–H groups in total. The monoisotopic (exact) mass is 367 g/mol. The first kappa shape index (κ1) is 18.3. The first-order chi connectivity index (χ1) is 11.4. The molecule has 0 fully saturated rings. The number of nitrogens with one attached hydrogen (secondary N) is 2. The number of amides is 2. The number of sulfonamides is 1. The third-order valence-corrected chi connectivity index (χ3v) is 4.74. The van der Waals surface area contributed by atoms with Gasteiger partial charge in [-0.3, -0.25) is 4.72 Å². The number of anilines is 1. The fourth-order valence-electron chi connectivity index (χ4n) is 2.17. The van der Waals surface area contributed by atoms with Gasteiger partial charge in [0.05, 0.1) is 12.8 Å². The molecule has 0 saturated carbocycles. The van der Waals surface area contributed by atoms with Crippen LogP contribution in [0.25, 0.3) is 0 Å². The Labute approximate surface area is 146 Å². The lowest BCUT2D eigenvalue weighted by atomic mass is 10.2. The zero-order valence-corrected chi connectivity index (χ0v) is 15.3. The number of nitrogens with zero attached hydrogens (tertiary/aromatic N) is 1. The van der Waals surface area contributed by atoms with Crippen LogP contribution in [0, 0.1) is 0 Å². The molecule has 0 bridgehead atoms. The van der Waals surface area contributed by atoms with Gasteiger partial charge in [-0.15, -0.1) is 11.3 Å². The van der Waals surface area contributed by atoms with Gasteiger partial charge in [-0.2, -0.15) is 0 Å². The van der Waals surface area contributed by atoms with E-state index >= 15 is 0 Å². The Morgan fingerprint density at radius 1 is 1.25 bits per heavy atom. The number of carbonyl (C=O) groups excluding carboxylic acids is 1. The summed E-state index contributed by atoms with van der Waals surface area (Å²) in [4.78, 5) is 15.2. The van der Waals surface area contributed by atoms with Gasteiger partial charge in [-0.05, 0) is 36.1 Å². The van der Waals surface area contributed by atoms with Gasteiger partial charge in [-0.1, -0.05) is 18.2 Å². The molecule has 2 amide bonds. The molecule has 0 unspecified atom stereocenters. The topological polar surface area (TPSA) is 78.5 Å². The average Bonchev–Trinajstić information content (AvgIpc) is 3.02. The third-order valence-electron chi connectivity index (χ3n) is 3.27. The molecule has 1 aromatic carbocycles. The Morgan fingerprint density at radius 3 is 2.67 bits per heavy atom. The minimum Gasteiger partial charge on any atom is -0.334 e. The van der Waals surface area contributed by atoms with Crippen molar-refractivity contribution in [2.24, 2.45) is 0 Å². The molecular formula is C16H21N3O3S2. The smallest absolute Gasteiger partial charge is 0.317 e. The van der Waals surface area contributed by atoms with Crippen molar-refractivity contribution in [3.05, 3.63) is 52.2 Å². The number of hydrogen-bond acceptors (Lipinski definition) is 4. The molecule has 130 valence electrons. The van der Waals surface area contributed by atoms with Gasteiger partial charge in [0.15, 0.2) is 0 Å². The molecule has 8 heteroatoms. The maximum absolute atomic E-state index is 12.3. The van der Waals surface area contributed by atoms with Gasteiger partial charge in [0.25, 0.3) is 0 Å². The van der Waals surface area contributed by atoms with Crippen LogP contribution >= 0.6 is 11.3 Å². The quantitative estimate of drug-likeness (QED) is 0.790. The van der Waals surface area contributed by atoms with Crippen LogP contribution in [-0.4, -0.2) is 32.1 Å². The van der Waals surface area contributed by atoms with Crippen LogP contribution in [0.3, 0.4) is 0 Å². The highest BCUT2D eigenvalue weighted by molar-refractivity contribution is 7.92. The first-order valence-corrected chi connectivity index (χ1v) is 10.3. The number of carbonyl (C=O) groups is 1. The minimum absolute atomic E-state index is 0.146. The molecule has 1 aromatic heterocycles. The van der Waals surface area contributed by atoms with Crippen LogP contribution in [-0.2, 0) is 23.1 Å². The van der Waals surface area contributed by atoms with Crippen molar-refractivity contribution in [3.8, 4) is 0 Å². The zero-order valence-electron chi connectivity index (χ0n) is 13.7. The zero-order chi connectivity index (χ0) is 17.6. The van der Waals surface area contributed by atoms with E-state index in [0.717, 1.165) is 16.7 Å². The second-order valence-corrected chi connectivity index (χ2v) is 8.11. The largest absolute Gasteiger partial charge is 0.334 e. The van der Waals surface area contributed by atoms with Crippen molar-refractivity contribution in [2.75, 3.05) is 17.5 Å². The summed E-state index contributed by atoms with van der Waals surface area (Å²) in [5.74, 6) is 0. The van der Waals surface area contributed by atoms with E-state index in [1.807, 2.05) is 30.5 Å². The highest BCUT2D eigenvalue weighted by atomic mass is 32.2. The van der Waals surface area contributed by atoms with E-state index < -0.39 is 10.0 Å². The number of urea groups is 1. The van der Waals surface area contributed by atoms with Crippen LogP contribution in [0.4, 0.5) is 10.5 Å². The van der Waals surface area contributed by atoms with Crippen LogP contribution in [0.5, 0.6) is 0 Å². The molecule has 24 heavy (non-hydrogen) atoms. The summed E-state index contributed by atoms with van der Waals surface area (Å²) >= 11 is 1.62. The van der Waals surface area contributed by atoms with E-state index in [1.165, 1.54) is 0 Å². The van der Waals surface area contributed by atoms with E-state index in [9.17, 15) is 13.2 Å². The van der Waals surface area contributed by atoms with Crippen LogP contribution in [0.1, 0.15) is 17.4 Å². The van der Waals surface area contributed by atoms with Gasteiger partial charge in [0, 0.05) is 23.7 Å². The van der Waals surface area contributed by atoms with E-state index in [0.29, 0.717) is 25.3 Å². The molecule has 1 heterocycles. The molecule has 0 radical (unpaired) electrons. The predicted molar refractivity (Wildman–Crippen MR) is 97.5 cm³/mol. The molecule has 0 spiro atoms. The number of thiophene rings is 1. The Morgan fingerprint density at radius 2 is 2.04 bits per heavy atom. The summed E-state index contributed by atoms with van der Waals surface area (Å²) in [7, 11) is -3.32. The number of rotatable bonds is 7. The fourth-order valence-corrected chi connectivity index (χ4v) is 3.44. The van der Waals surface area contributed by atoms with Crippen molar-refractivity contribution in [1.82, 2.24) is 10.2 Å². The average molecular weight is 367 g/mol. The van der Waals surface area contributed by atoms with Crippen molar-refractivity contribution in [2.45, 2.75) is 20.0 Å². The maximum atomic E-state index is 12.3. The standard InChI is InChI=1S/C16H21N3O3S2/c1-3-19(12-15-8-5-9-23-15)16(20)17-11-13-6-4-7-14(10-13)18-24(2,21)22/h4-10,18H,3,11-12H2,1-2H3,(H,17,20). The molecule has 0 aliphatic heterocycles. The lowest BCUT2D eigenvalue weighted by Gasteiger charge is -2.20. The lowest BCUT2D eigenvalue weighted by molar-refractivity contribution is 0.198. The Balaban J connectivity index is 1.94. The van der Waals surface area contributed by atoms with Gasteiger partial charge < -0.3 is 10.2 Å². The van der Waals surface area contributed by atoms with E-state index in [1.54, 1.807) is 34.4 Å². The SMILES string of the molecule is CCN(Cc1cccs1)C(=O)NCc1cccc(NS(C)(=O)=O)c1. The van der Waals surface area contributed by atoms with Crippen molar-refractivity contribution < 1.29 is 13.2 Å². The first-order valence-electron chi connectivity index (χ1n) is 7.49. The predicted octanol–water partition coefficient (Wildman–Crippen LogP) is 2.85. The Kier molecular flexibility index (Phi) is 6.22. The molecule has 6 nitrogen and oxygen atoms in total. The molecule has 0 saturated heterocycles. The molecule has 0 aliphatic rings. The third kappa shape index (κ3) is 5.86. The summed E-state index contributed by atoms with van der Waals surface area (Å²) in [6.45, 7) is 3.46. The van der Waals surface area contributed by atoms with Gasteiger partial charge >= 0.3 is 6.03 Å². The van der Waals surface area contributed by atoms with E-state index in [4.69, 9.17) is 0 Å². The number of benzene rings is 1. The maximum Gasteiger partial charge on any atom is 0.317 e. The number of hydrogen-bond donors (Lipinski definition) is 2. The second-order valence-electron chi connectivity index (χ2n) is 5.33. The van der Waals surface area contributed by atoms with Gasteiger partial charge in [-0.25, -0.2) is 13.2 Å². The highest BCUT2D eigenvalue weighted by Crippen LogP contribution is 2.13. The Hall–Kier alpha value is -2.06. The second kappa shape index (κ2) is 8.16. The van der Waals surface area contributed by atoms with Crippen molar-refractivity contribution in [1.29, 1.82) is 0 Å². The lowest BCUT2D eigenvalue weighted by Crippen LogP contribution is -2.38. The van der Waals surface area contributed by atoms with Crippen LogP contribution < -0.4 is 10.0 Å². The normalized spacial score (nSPS) is 11.1. The highest BCUT2D eigenvalue weighted by Gasteiger charge is 2.12.